The first-order valence-electron chi connectivity index (χ1n) is 8.84. The van der Waals surface area contributed by atoms with E-state index in [1.807, 2.05) is 24.3 Å². The number of aliphatic hydroxyl groups is 1. The van der Waals surface area contributed by atoms with Crippen LogP contribution in [-0.4, -0.2) is 42.8 Å². The molecular formula is C17H21NO3. The minimum Gasteiger partial charge on any atom is -0.493 e. The van der Waals surface area contributed by atoms with E-state index in [1.54, 1.807) is 7.11 Å². The molecule has 4 rings (SSSR count). The predicted octanol–water partition coefficient (Wildman–Crippen LogP) is 1.85. The Kier molecular flexibility index (Phi) is 2.19. The lowest BCUT2D eigenvalue weighted by Crippen LogP contribution is -2.42. The van der Waals surface area contributed by atoms with Crippen LogP contribution in [0.25, 0.3) is 0 Å². The number of hydrogen-bond acceptors (Lipinski definition) is 4. The van der Waals surface area contributed by atoms with Crippen molar-refractivity contribution in [3.8, 4) is 11.5 Å². The van der Waals surface area contributed by atoms with Crippen molar-refractivity contribution in [3.63, 3.8) is 0 Å². The Morgan fingerprint density at radius 3 is 3.24 bits per heavy atom. The second kappa shape index (κ2) is 4.49. The summed E-state index contributed by atoms with van der Waals surface area (Å²) in [6.45, 7) is -1.32. The van der Waals surface area contributed by atoms with Gasteiger partial charge in [0, 0.05) is 22.6 Å². The van der Waals surface area contributed by atoms with Gasteiger partial charge in [0.25, 0.3) is 0 Å². The van der Waals surface area contributed by atoms with Gasteiger partial charge in [-0.1, -0.05) is 18.2 Å². The van der Waals surface area contributed by atoms with E-state index in [1.165, 1.54) is 4.90 Å². The fourth-order valence-corrected chi connectivity index (χ4v) is 3.94. The van der Waals surface area contributed by atoms with Crippen molar-refractivity contribution in [2.45, 2.75) is 37.0 Å². The number of methoxy groups -OCH3 is 1. The van der Waals surface area contributed by atoms with Crippen LogP contribution in [0.5, 0.6) is 11.5 Å². The molecule has 0 amide bonds. The van der Waals surface area contributed by atoms with Gasteiger partial charge in [-0.25, -0.2) is 0 Å². The number of rotatable bonds is 1. The summed E-state index contributed by atoms with van der Waals surface area (Å²) in [7, 11) is 1.60. The van der Waals surface area contributed by atoms with Crippen molar-refractivity contribution >= 4 is 0 Å². The predicted molar refractivity (Wildman–Crippen MR) is 79.8 cm³/mol. The summed E-state index contributed by atoms with van der Waals surface area (Å²) in [4.78, 5) is 1.54. The first kappa shape index (κ1) is 10.2. The zero-order valence-corrected chi connectivity index (χ0v) is 12.0. The van der Waals surface area contributed by atoms with Crippen molar-refractivity contribution in [2.75, 3.05) is 20.6 Å². The molecule has 4 heteroatoms. The van der Waals surface area contributed by atoms with E-state index in [9.17, 15) is 5.11 Å². The van der Waals surface area contributed by atoms with Crippen LogP contribution in [-0.2, 0) is 12.0 Å². The third-order valence-electron chi connectivity index (χ3n) is 4.96. The summed E-state index contributed by atoms with van der Waals surface area (Å²) in [6, 6.07) is 3.77. The Bertz CT molecular complexity index is 703. The van der Waals surface area contributed by atoms with Crippen molar-refractivity contribution in [1.82, 2.24) is 4.90 Å². The fourth-order valence-electron chi connectivity index (χ4n) is 3.94. The molecule has 1 aromatic rings. The maximum Gasteiger partial charge on any atom is 0.166 e. The summed E-state index contributed by atoms with van der Waals surface area (Å²) in [5.41, 5.74) is 1.60. The van der Waals surface area contributed by atoms with Crippen LogP contribution in [0.4, 0.5) is 0 Å². The Morgan fingerprint density at radius 1 is 1.52 bits per heavy atom. The number of hydrogen-bond donors (Lipinski definition) is 1. The van der Waals surface area contributed by atoms with E-state index in [0.29, 0.717) is 37.4 Å². The van der Waals surface area contributed by atoms with Gasteiger partial charge in [-0.3, -0.25) is 0 Å². The van der Waals surface area contributed by atoms with Gasteiger partial charge in [-0.15, -0.1) is 0 Å². The molecule has 1 aromatic carbocycles. The standard InChI is InChI=1S/C17H21NO3/c1-18-8-7-17-6-5-12(19)9-14(17)21-16-13(20-2)4-3-11(10-18)15(16)17/h3-6,12,14,19H,7-10H2,1-2H3/t12-,14-,17-/m0/s1/i1+1D3. The van der Waals surface area contributed by atoms with Gasteiger partial charge >= 0.3 is 0 Å². The summed E-state index contributed by atoms with van der Waals surface area (Å²) < 4.78 is 35.0. The number of ether oxygens (including phenoxy) is 2. The minimum absolute atomic E-state index is 0.195. The smallest absolute Gasteiger partial charge is 0.166 e. The van der Waals surface area contributed by atoms with Crippen LogP contribution < -0.4 is 9.47 Å². The molecule has 0 aromatic heterocycles. The normalized spacial score (nSPS) is 36.6. The van der Waals surface area contributed by atoms with Crippen LogP contribution in [0, 0.1) is 0 Å². The molecule has 0 saturated carbocycles. The lowest BCUT2D eigenvalue weighted by Gasteiger charge is -2.35. The topological polar surface area (TPSA) is 41.9 Å². The van der Waals surface area contributed by atoms with Crippen molar-refractivity contribution in [2.24, 2.45) is 0 Å². The molecule has 4 nitrogen and oxygen atoms in total. The molecule has 2 heterocycles. The molecule has 1 aliphatic carbocycles. The molecule has 3 atom stereocenters. The quantitative estimate of drug-likeness (QED) is 0.633. The van der Waals surface area contributed by atoms with Gasteiger partial charge < -0.3 is 19.5 Å². The average molecular weight is 291 g/mol. The molecule has 0 bridgehead atoms. The maximum absolute atomic E-state index is 10.0. The highest BCUT2D eigenvalue weighted by atomic mass is 16.5. The molecule has 0 radical (unpaired) electrons. The van der Waals surface area contributed by atoms with E-state index >= 15 is 0 Å². The molecule has 2 aliphatic heterocycles. The Hall–Kier alpha value is -1.52. The number of nitrogens with zero attached hydrogens (tertiary/aromatic N) is 1. The van der Waals surface area contributed by atoms with E-state index in [-0.39, 0.29) is 6.10 Å². The van der Waals surface area contributed by atoms with Gasteiger partial charge in [0.05, 0.1) is 18.6 Å². The van der Waals surface area contributed by atoms with Crippen molar-refractivity contribution in [1.29, 1.82) is 0 Å². The van der Waals surface area contributed by atoms with E-state index < -0.39 is 18.5 Å². The van der Waals surface area contributed by atoms with Gasteiger partial charge in [0.15, 0.2) is 11.5 Å². The Morgan fingerprint density at radius 2 is 2.43 bits per heavy atom. The largest absolute Gasteiger partial charge is 0.493 e. The Balaban J connectivity index is 1.90. The minimum atomic E-state index is -2.13. The molecular weight excluding hydrogens is 267 g/mol. The molecule has 0 fully saturated rings. The number of aliphatic hydroxyl groups excluding tert-OH is 1. The third-order valence-corrected chi connectivity index (χ3v) is 4.96. The zero-order chi connectivity index (χ0) is 17.1. The highest BCUT2D eigenvalue weighted by Gasteiger charge is 2.52. The average Bonchev–Trinajstić information content (AvgIpc) is 2.74. The van der Waals surface area contributed by atoms with E-state index in [2.05, 4.69) is 0 Å². The highest BCUT2D eigenvalue weighted by Crippen LogP contribution is 2.55. The summed E-state index contributed by atoms with van der Waals surface area (Å²) >= 11 is 0. The van der Waals surface area contributed by atoms with Crippen LogP contribution in [0.15, 0.2) is 24.3 Å². The molecule has 1 N–H and O–H groups in total. The highest BCUT2D eigenvalue weighted by molar-refractivity contribution is 5.60. The molecule has 112 valence electrons. The lowest BCUT2D eigenvalue weighted by molar-refractivity contribution is 0.0821. The zero-order valence-electron chi connectivity index (χ0n) is 15.0. The Labute approximate surface area is 129 Å². The number of benzene rings is 1. The van der Waals surface area contributed by atoms with Crippen LogP contribution in [0.1, 0.15) is 28.1 Å². The summed E-state index contributed by atoms with van der Waals surface area (Å²) in [5.74, 6) is 1.36. The van der Waals surface area contributed by atoms with Crippen LogP contribution >= 0.6 is 0 Å². The first-order valence-corrected chi connectivity index (χ1v) is 7.34. The summed E-state index contributed by atoms with van der Waals surface area (Å²) in [5, 5.41) is 10.0. The lowest BCUT2D eigenvalue weighted by atomic mass is 9.69. The summed E-state index contributed by atoms with van der Waals surface area (Å²) in [6.07, 6.45) is 4.24. The fraction of sp³-hybridized carbons (Fsp3) is 0.529. The van der Waals surface area contributed by atoms with Crippen LogP contribution in [0.3, 0.4) is 0 Å². The van der Waals surface area contributed by atoms with Gasteiger partial charge in [0.2, 0.25) is 0 Å². The van der Waals surface area contributed by atoms with Crippen molar-refractivity contribution < 1.29 is 18.7 Å². The second-order valence-corrected chi connectivity index (χ2v) is 6.11. The third kappa shape index (κ3) is 1.75. The molecule has 1 spiro atoms. The van der Waals surface area contributed by atoms with Crippen LogP contribution in [0.2, 0.25) is 0 Å². The van der Waals surface area contributed by atoms with Gasteiger partial charge in [-0.2, -0.15) is 0 Å². The molecule has 21 heavy (non-hydrogen) atoms. The molecule has 3 aliphatic rings. The van der Waals surface area contributed by atoms with E-state index in [4.69, 9.17) is 13.6 Å². The van der Waals surface area contributed by atoms with Gasteiger partial charge in [0.1, 0.15) is 6.10 Å². The van der Waals surface area contributed by atoms with Crippen molar-refractivity contribution in [3.05, 3.63) is 35.4 Å². The first-order chi connectivity index (χ1) is 11.3. The monoisotopic (exact) mass is 291 g/mol. The molecule has 0 unspecified atom stereocenters. The second-order valence-electron chi connectivity index (χ2n) is 6.11. The molecule has 0 saturated heterocycles. The maximum atomic E-state index is 10.0. The SMILES string of the molecule is [2H][13C]([2H])([2H])N1CC[C@@]23C=C[C@H](O)C[C@@H]2Oc2c(OC)ccc(c23)C1. The van der Waals surface area contributed by atoms with E-state index in [0.717, 1.165) is 11.1 Å². The van der Waals surface area contributed by atoms with Gasteiger partial charge in [-0.05, 0) is 31.6 Å².